The number of hydrogen-bond donors (Lipinski definition) is 2. The van der Waals surface area contributed by atoms with Gasteiger partial charge in [0.15, 0.2) is 0 Å². The number of ether oxygens (including phenoxy) is 1. The molecule has 2 fully saturated rings. The van der Waals surface area contributed by atoms with Crippen molar-refractivity contribution in [3.8, 4) is 0 Å². The number of carbonyl (C=O) groups is 1. The fourth-order valence-electron chi connectivity index (χ4n) is 4.14. The zero-order chi connectivity index (χ0) is 14.5. The van der Waals surface area contributed by atoms with Crippen LogP contribution in [0.15, 0.2) is 0 Å². The average molecular weight is 268 g/mol. The molecule has 0 aromatic rings. The number of hydrogen-bond acceptors (Lipinski definition) is 3. The Morgan fingerprint density at radius 2 is 1.63 bits per heavy atom. The summed E-state index contributed by atoms with van der Waals surface area (Å²) in [6.07, 6.45) is 3.32. The van der Waals surface area contributed by atoms with E-state index in [0.717, 1.165) is 25.7 Å². The lowest BCUT2D eigenvalue weighted by Gasteiger charge is -2.51. The maximum atomic E-state index is 12.3. The van der Waals surface area contributed by atoms with Crippen LogP contribution in [0.25, 0.3) is 0 Å². The molecule has 1 amide bonds. The van der Waals surface area contributed by atoms with Gasteiger partial charge in [-0.05, 0) is 41.0 Å². The highest BCUT2D eigenvalue weighted by molar-refractivity contribution is 5.87. The number of carbonyl (C=O) groups excluding carboxylic acids is 1. The average Bonchev–Trinajstić information content (AvgIpc) is 2.31. The second-order valence-electron chi connectivity index (χ2n) is 7.78. The van der Waals surface area contributed by atoms with Crippen molar-refractivity contribution in [2.75, 3.05) is 0 Å². The van der Waals surface area contributed by atoms with Crippen molar-refractivity contribution < 1.29 is 9.53 Å². The minimum atomic E-state index is -0.668. The lowest BCUT2D eigenvalue weighted by molar-refractivity contribution is -0.154. The monoisotopic (exact) mass is 268 g/mol. The van der Waals surface area contributed by atoms with Crippen molar-refractivity contribution in [3.05, 3.63) is 0 Å². The molecule has 1 spiro atoms. The van der Waals surface area contributed by atoms with Gasteiger partial charge in [0.05, 0.1) is 0 Å². The van der Waals surface area contributed by atoms with Crippen LogP contribution in [0.1, 0.15) is 67.2 Å². The van der Waals surface area contributed by atoms with Crippen LogP contribution in [0.5, 0.6) is 0 Å². The largest absolute Gasteiger partial charge is 0.340 e. The van der Waals surface area contributed by atoms with Crippen molar-refractivity contribution in [1.82, 2.24) is 10.6 Å². The summed E-state index contributed by atoms with van der Waals surface area (Å²) < 4.78 is 6.30. The molecule has 1 unspecified atom stereocenters. The summed E-state index contributed by atoms with van der Waals surface area (Å²) in [5.41, 5.74) is -1.28. The summed E-state index contributed by atoms with van der Waals surface area (Å²) in [4.78, 5) is 12.3. The van der Waals surface area contributed by atoms with Crippen LogP contribution >= 0.6 is 0 Å². The molecular formula is C15H28N2O2. The van der Waals surface area contributed by atoms with Gasteiger partial charge in [-0.15, -0.1) is 0 Å². The van der Waals surface area contributed by atoms with Crippen LogP contribution in [0.2, 0.25) is 0 Å². The van der Waals surface area contributed by atoms with Gasteiger partial charge in [-0.25, -0.2) is 0 Å². The van der Waals surface area contributed by atoms with E-state index in [0.29, 0.717) is 0 Å². The van der Waals surface area contributed by atoms with E-state index in [1.807, 2.05) is 6.92 Å². The highest BCUT2D eigenvalue weighted by Crippen LogP contribution is 2.43. The maximum absolute atomic E-state index is 12.3. The van der Waals surface area contributed by atoms with E-state index in [1.165, 1.54) is 0 Å². The maximum Gasteiger partial charge on any atom is 0.254 e. The Kier molecular flexibility index (Phi) is 3.26. The van der Waals surface area contributed by atoms with E-state index in [2.05, 4.69) is 45.3 Å². The first kappa shape index (κ1) is 14.8. The third-order valence-corrected chi connectivity index (χ3v) is 4.10. The topological polar surface area (TPSA) is 50.4 Å². The van der Waals surface area contributed by atoms with Crippen molar-refractivity contribution in [2.45, 2.75) is 89.6 Å². The summed E-state index contributed by atoms with van der Waals surface area (Å²) in [5.74, 6) is 0.0443. The molecule has 2 saturated heterocycles. The Balaban J connectivity index is 2.27. The smallest absolute Gasteiger partial charge is 0.254 e. The zero-order valence-electron chi connectivity index (χ0n) is 13.1. The molecule has 2 aliphatic heterocycles. The predicted molar refractivity (Wildman–Crippen MR) is 75.8 cm³/mol. The summed E-state index contributed by atoms with van der Waals surface area (Å²) in [6, 6.07) is 0. The predicted octanol–water partition coefficient (Wildman–Crippen LogP) is 2.33. The molecule has 110 valence electrons. The highest BCUT2D eigenvalue weighted by atomic mass is 16.6. The molecular weight excluding hydrogens is 240 g/mol. The van der Waals surface area contributed by atoms with Gasteiger partial charge >= 0.3 is 0 Å². The standard InChI is InChI=1S/C15H28N2O2/c1-7-8-14(6)11(18)16-15(19-14)9-12(2,3)17-13(4,5)10-15/h17H,7-10H2,1-6H3,(H,16,18). The zero-order valence-corrected chi connectivity index (χ0v) is 13.1. The van der Waals surface area contributed by atoms with E-state index < -0.39 is 11.3 Å². The SMILES string of the molecule is CCCC1(C)OC2(CC(C)(C)NC(C)(C)C2)NC1=O. The van der Waals surface area contributed by atoms with Gasteiger partial charge in [0.2, 0.25) is 0 Å². The molecule has 4 nitrogen and oxygen atoms in total. The summed E-state index contributed by atoms with van der Waals surface area (Å²) >= 11 is 0. The molecule has 0 radical (unpaired) electrons. The third-order valence-electron chi connectivity index (χ3n) is 4.10. The first-order valence-corrected chi connectivity index (χ1v) is 7.34. The Bertz CT molecular complexity index is 374. The highest BCUT2D eigenvalue weighted by Gasteiger charge is 2.58. The minimum absolute atomic E-state index is 0.0443. The molecule has 2 heterocycles. The fourth-order valence-corrected chi connectivity index (χ4v) is 4.14. The third kappa shape index (κ3) is 2.79. The minimum Gasteiger partial charge on any atom is -0.340 e. The molecule has 0 saturated carbocycles. The number of piperidine rings is 1. The van der Waals surface area contributed by atoms with Crippen molar-refractivity contribution in [2.24, 2.45) is 0 Å². The van der Waals surface area contributed by atoms with Gasteiger partial charge < -0.3 is 15.4 Å². The molecule has 0 bridgehead atoms. The quantitative estimate of drug-likeness (QED) is 0.808. The number of nitrogens with one attached hydrogen (secondary N) is 2. The molecule has 2 rings (SSSR count). The Morgan fingerprint density at radius 1 is 1.11 bits per heavy atom. The Labute approximate surface area is 116 Å². The molecule has 0 aromatic carbocycles. The second kappa shape index (κ2) is 4.19. The molecule has 0 aromatic heterocycles. The van der Waals surface area contributed by atoms with Crippen molar-refractivity contribution in [1.29, 1.82) is 0 Å². The van der Waals surface area contributed by atoms with Crippen LogP contribution in [0.3, 0.4) is 0 Å². The first-order valence-electron chi connectivity index (χ1n) is 7.34. The normalized spacial score (nSPS) is 35.4. The Hall–Kier alpha value is -0.610. The van der Waals surface area contributed by atoms with E-state index >= 15 is 0 Å². The summed E-state index contributed by atoms with van der Waals surface area (Å²) in [5, 5.41) is 6.78. The second-order valence-corrected chi connectivity index (χ2v) is 7.78. The Morgan fingerprint density at radius 3 is 2.11 bits per heavy atom. The molecule has 2 aliphatic rings. The fraction of sp³-hybridized carbons (Fsp3) is 0.933. The number of rotatable bonds is 2. The summed E-state index contributed by atoms with van der Waals surface area (Å²) in [7, 11) is 0. The van der Waals surface area contributed by atoms with Gasteiger partial charge in [-0.2, -0.15) is 0 Å². The number of amides is 1. The van der Waals surface area contributed by atoms with Crippen molar-refractivity contribution >= 4 is 5.91 Å². The molecule has 2 N–H and O–H groups in total. The van der Waals surface area contributed by atoms with Crippen LogP contribution in [0.4, 0.5) is 0 Å². The van der Waals surface area contributed by atoms with Gasteiger partial charge in [0, 0.05) is 23.9 Å². The molecule has 19 heavy (non-hydrogen) atoms. The van der Waals surface area contributed by atoms with Crippen LogP contribution < -0.4 is 10.6 Å². The molecule has 1 atom stereocenters. The van der Waals surface area contributed by atoms with Crippen LogP contribution in [-0.2, 0) is 9.53 Å². The lowest BCUT2D eigenvalue weighted by Crippen LogP contribution is -2.66. The van der Waals surface area contributed by atoms with Gasteiger partial charge in [0.1, 0.15) is 11.3 Å². The molecule has 0 aliphatic carbocycles. The molecule has 4 heteroatoms. The van der Waals surface area contributed by atoms with Crippen molar-refractivity contribution in [3.63, 3.8) is 0 Å². The van der Waals surface area contributed by atoms with Gasteiger partial charge in [-0.3, -0.25) is 4.79 Å². The van der Waals surface area contributed by atoms with Crippen LogP contribution in [0, 0.1) is 0 Å². The van der Waals surface area contributed by atoms with E-state index in [1.54, 1.807) is 0 Å². The first-order chi connectivity index (χ1) is 8.52. The van der Waals surface area contributed by atoms with E-state index in [4.69, 9.17) is 4.74 Å². The van der Waals surface area contributed by atoms with Crippen LogP contribution in [-0.4, -0.2) is 28.3 Å². The van der Waals surface area contributed by atoms with E-state index in [-0.39, 0.29) is 17.0 Å². The van der Waals surface area contributed by atoms with Gasteiger partial charge in [-0.1, -0.05) is 13.3 Å². The van der Waals surface area contributed by atoms with Gasteiger partial charge in [0.25, 0.3) is 5.91 Å². The lowest BCUT2D eigenvalue weighted by atomic mass is 9.77. The summed E-state index contributed by atoms with van der Waals surface area (Å²) in [6.45, 7) is 12.7. The van der Waals surface area contributed by atoms with E-state index in [9.17, 15) is 4.79 Å².